The van der Waals surface area contributed by atoms with Gasteiger partial charge < -0.3 is 49.2 Å². The molecule has 4 aliphatic rings. The molecule has 0 radical (unpaired) electrons. The Balaban J connectivity index is 1.13. The van der Waals surface area contributed by atoms with E-state index in [0.29, 0.717) is 73.0 Å². The van der Waals surface area contributed by atoms with E-state index in [2.05, 4.69) is 0 Å². The van der Waals surface area contributed by atoms with E-state index in [4.69, 9.17) is 23.7 Å². The zero-order valence-corrected chi connectivity index (χ0v) is 32.2. The molecule has 298 valence electrons. The molecular weight excluding hydrogens is 725 g/mol. The number of fused-ring (bicyclic) bond motifs is 7. The van der Waals surface area contributed by atoms with Gasteiger partial charge in [-0.15, -0.1) is 0 Å². The van der Waals surface area contributed by atoms with Gasteiger partial charge in [0.2, 0.25) is 0 Å². The minimum atomic E-state index is -1.03. The lowest BCUT2D eigenvalue weighted by molar-refractivity contribution is -0.0888. The van der Waals surface area contributed by atoms with Crippen molar-refractivity contribution in [3.8, 4) is 51.4 Å². The van der Waals surface area contributed by atoms with E-state index >= 15 is 0 Å². The molecule has 1 fully saturated rings. The summed E-state index contributed by atoms with van der Waals surface area (Å²) in [7, 11) is 1.66. The Hall–Kier alpha value is -5.16. The van der Waals surface area contributed by atoms with Crippen molar-refractivity contribution in [1.29, 1.82) is 0 Å². The van der Waals surface area contributed by atoms with Crippen LogP contribution in [0.2, 0.25) is 0 Å². The fraction of sp³-hybridized carbons (Fsp3) is 0.404. The Kier molecular flexibility index (Phi) is 10.3. The maximum Gasteiger partial charge on any atom is 0.133 e. The van der Waals surface area contributed by atoms with Crippen molar-refractivity contribution < 1.29 is 49.2 Å². The second-order valence-corrected chi connectivity index (χ2v) is 16.1. The molecule has 57 heavy (non-hydrogen) atoms. The van der Waals surface area contributed by atoms with E-state index in [-0.39, 0.29) is 30.0 Å². The maximum absolute atomic E-state index is 12.7. The van der Waals surface area contributed by atoms with Gasteiger partial charge in [-0.2, -0.15) is 0 Å². The van der Waals surface area contributed by atoms with E-state index in [1.807, 2.05) is 30.3 Å². The summed E-state index contributed by atoms with van der Waals surface area (Å²) in [4.78, 5) is 0. The molecule has 0 saturated heterocycles. The van der Waals surface area contributed by atoms with Crippen molar-refractivity contribution in [3.63, 3.8) is 0 Å². The second kappa shape index (κ2) is 15.6. The number of phenolic OH excluding ortho intramolecular Hbond substituents is 3. The standard InChI is InChI=1S/C47H50O10/c1-53-17-6-12-40-41(44(52)42-36-11-5-18-54-46(36)37-23-31(50)14-16-35(37)47(42)57-40)39-25-55-45-28(22-33(24-38(45)43(39)51)56-32-9-2-3-10-32)19-27-21-30(49)13-15-34(27)26-7-4-8-29(48)20-26/h4,7-8,13-16,20-24,32,39-41,43-44,48-52H,2-3,5-6,9-12,17-19,25H2,1H3. The van der Waals surface area contributed by atoms with Gasteiger partial charge in [0.15, 0.2) is 0 Å². The molecule has 1 saturated carbocycles. The van der Waals surface area contributed by atoms with Crippen molar-refractivity contribution in [2.75, 3.05) is 26.9 Å². The first-order valence-electron chi connectivity index (χ1n) is 20.3. The van der Waals surface area contributed by atoms with Crippen LogP contribution in [-0.2, 0) is 17.6 Å². The summed E-state index contributed by atoms with van der Waals surface area (Å²) in [6, 6.07) is 21.3. The maximum atomic E-state index is 12.7. The Morgan fingerprint density at radius 2 is 1.56 bits per heavy atom. The third-order valence-corrected chi connectivity index (χ3v) is 12.4. The average Bonchev–Trinajstić information content (AvgIpc) is 3.72. The molecule has 5 atom stereocenters. The number of aliphatic hydroxyl groups is 2. The first-order valence-corrected chi connectivity index (χ1v) is 20.3. The molecule has 0 bridgehead atoms. The number of ether oxygens (including phenoxy) is 5. The van der Waals surface area contributed by atoms with Crippen LogP contribution in [0.4, 0.5) is 0 Å². The third-order valence-electron chi connectivity index (χ3n) is 12.4. The van der Waals surface area contributed by atoms with Crippen LogP contribution >= 0.6 is 0 Å². The number of phenols is 3. The number of hydrogen-bond acceptors (Lipinski definition) is 10. The van der Waals surface area contributed by atoms with Crippen molar-refractivity contribution in [1.82, 2.24) is 0 Å². The summed E-state index contributed by atoms with van der Waals surface area (Å²) in [6.45, 7) is 1.18. The topological polar surface area (TPSA) is 147 Å². The first-order chi connectivity index (χ1) is 27.8. The van der Waals surface area contributed by atoms with Gasteiger partial charge in [0.05, 0.1) is 31.5 Å². The summed E-state index contributed by atoms with van der Waals surface area (Å²) in [5.74, 6) is 1.73. The van der Waals surface area contributed by atoms with E-state index in [1.165, 1.54) is 0 Å². The fourth-order valence-corrected chi connectivity index (χ4v) is 9.76. The first kappa shape index (κ1) is 37.4. The predicted molar refractivity (Wildman–Crippen MR) is 215 cm³/mol. The lowest BCUT2D eigenvalue weighted by Gasteiger charge is -2.46. The molecule has 3 aliphatic heterocycles. The number of aromatic hydroxyl groups is 3. The number of rotatable bonds is 10. The Morgan fingerprint density at radius 3 is 2.39 bits per heavy atom. The molecule has 5 aromatic carbocycles. The quantitative estimate of drug-likeness (QED) is 0.0877. The highest BCUT2D eigenvalue weighted by molar-refractivity contribution is 5.97. The molecule has 5 aromatic rings. The minimum absolute atomic E-state index is 0.0670. The smallest absolute Gasteiger partial charge is 0.133 e. The van der Waals surface area contributed by atoms with E-state index in [9.17, 15) is 25.5 Å². The van der Waals surface area contributed by atoms with Gasteiger partial charge in [0, 0.05) is 65.0 Å². The van der Waals surface area contributed by atoms with E-state index in [0.717, 1.165) is 70.7 Å². The molecule has 5 unspecified atom stereocenters. The molecular formula is C47H50O10. The molecule has 3 heterocycles. The van der Waals surface area contributed by atoms with Crippen LogP contribution in [0.5, 0.6) is 40.2 Å². The van der Waals surface area contributed by atoms with Gasteiger partial charge in [0.1, 0.15) is 46.4 Å². The summed E-state index contributed by atoms with van der Waals surface area (Å²) < 4.78 is 32.0. The monoisotopic (exact) mass is 774 g/mol. The molecule has 10 heteroatoms. The predicted octanol–water partition coefficient (Wildman–Crippen LogP) is 8.44. The van der Waals surface area contributed by atoms with Gasteiger partial charge in [0.25, 0.3) is 0 Å². The number of hydrogen-bond donors (Lipinski definition) is 5. The Labute approximate surface area is 332 Å². The Bertz CT molecular complexity index is 2280. The van der Waals surface area contributed by atoms with Crippen LogP contribution in [0.15, 0.2) is 72.8 Å². The largest absolute Gasteiger partial charge is 0.508 e. The van der Waals surface area contributed by atoms with Crippen LogP contribution in [0.1, 0.15) is 85.0 Å². The Morgan fingerprint density at radius 1 is 0.754 bits per heavy atom. The van der Waals surface area contributed by atoms with Gasteiger partial charge >= 0.3 is 0 Å². The molecule has 10 nitrogen and oxygen atoms in total. The highest BCUT2D eigenvalue weighted by atomic mass is 16.5. The van der Waals surface area contributed by atoms with E-state index in [1.54, 1.807) is 49.6 Å². The van der Waals surface area contributed by atoms with Crippen molar-refractivity contribution >= 4 is 10.8 Å². The average molecular weight is 775 g/mol. The van der Waals surface area contributed by atoms with Crippen LogP contribution in [0.25, 0.3) is 21.9 Å². The molecule has 0 spiro atoms. The lowest BCUT2D eigenvalue weighted by Crippen LogP contribution is -2.46. The third kappa shape index (κ3) is 7.08. The number of methoxy groups -OCH3 is 1. The van der Waals surface area contributed by atoms with Crippen LogP contribution in [0, 0.1) is 11.8 Å². The molecule has 1 aliphatic carbocycles. The summed E-state index contributed by atoms with van der Waals surface area (Å²) in [5, 5.41) is 58.2. The lowest BCUT2D eigenvalue weighted by atomic mass is 9.71. The minimum Gasteiger partial charge on any atom is -0.508 e. The van der Waals surface area contributed by atoms with Crippen LogP contribution in [0.3, 0.4) is 0 Å². The normalized spacial score (nSPS) is 22.8. The fourth-order valence-electron chi connectivity index (χ4n) is 9.76. The SMILES string of the molecule is COCCCC1Oc2c(c3c(c4cc(O)ccc24)OCCC3)C(O)C1C1COc2c(Cc3cc(O)ccc3-c3cccc(O)c3)cc(OC3CCCC3)cc2C1O. The number of benzene rings is 5. The van der Waals surface area contributed by atoms with Crippen molar-refractivity contribution in [2.24, 2.45) is 11.8 Å². The second-order valence-electron chi connectivity index (χ2n) is 16.1. The van der Waals surface area contributed by atoms with Crippen LogP contribution < -0.4 is 18.9 Å². The van der Waals surface area contributed by atoms with Crippen molar-refractivity contribution in [3.05, 3.63) is 101 Å². The molecule has 0 amide bonds. The van der Waals surface area contributed by atoms with Gasteiger partial charge in [-0.05, 0) is 123 Å². The van der Waals surface area contributed by atoms with Gasteiger partial charge in [-0.1, -0.05) is 18.2 Å². The summed E-state index contributed by atoms with van der Waals surface area (Å²) >= 11 is 0. The zero-order chi connectivity index (χ0) is 39.2. The van der Waals surface area contributed by atoms with Crippen LogP contribution in [-0.4, -0.2) is 64.7 Å². The van der Waals surface area contributed by atoms with E-state index < -0.39 is 30.1 Å². The molecule has 5 N–H and O–H groups in total. The summed E-state index contributed by atoms with van der Waals surface area (Å²) in [5.41, 5.74) is 5.41. The highest BCUT2D eigenvalue weighted by Gasteiger charge is 2.49. The zero-order valence-electron chi connectivity index (χ0n) is 32.2. The van der Waals surface area contributed by atoms with Crippen molar-refractivity contribution in [2.45, 2.75) is 82.2 Å². The molecule has 9 rings (SSSR count). The number of aliphatic hydroxyl groups excluding tert-OH is 2. The van der Waals surface area contributed by atoms with Gasteiger partial charge in [-0.25, -0.2) is 0 Å². The highest BCUT2D eigenvalue weighted by Crippen LogP contribution is 2.56. The van der Waals surface area contributed by atoms with Gasteiger partial charge in [-0.3, -0.25) is 0 Å². The molecule has 0 aromatic heterocycles. The summed E-state index contributed by atoms with van der Waals surface area (Å²) in [6.07, 6.45) is 4.73.